The lowest BCUT2D eigenvalue weighted by Gasteiger charge is -2.22. The monoisotopic (exact) mass is 437 g/mol. The van der Waals surface area contributed by atoms with Gasteiger partial charge in [-0.2, -0.15) is 0 Å². The molecule has 2 aromatic rings. The summed E-state index contributed by atoms with van der Waals surface area (Å²) in [5.74, 6) is 3.32. The van der Waals surface area contributed by atoms with Gasteiger partial charge in [-0.15, -0.1) is 0 Å². The van der Waals surface area contributed by atoms with Crippen LogP contribution in [-0.4, -0.2) is 30.9 Å². The molecule has 8 heteroatoms. The fourth-order valence-corrected chi connectivity index (χ4v) is 3.29. The Hall–Kier alpha value is -2.19. The number of fused-ring (bicyclic) bond motifs is 1. The maximum absolute atomic E-state index is 10.7. The Bertz CT molecular complexity index is 832. The lowest BCUT2D eigenvalue weighted by Crippen LogP contribution is -2.44. The van der Waals surface area contributed by atoms with Crippen LogP contribution in [0, 0.1) is 6.92 Å². The molecule has 0 bridgehead atoms. The van der Waals surface area contributed by atoms with Crippen molar-refractivity contribution < 1.29 is 19.0 Å². The van der Waals surface area contributed by atoms with E-state index in [-0.39, 0.29) is 13.3 Å². The van der Waals surface area contributed by atoms with Crippen molar-refractivity contribution >= 4 is 21.9 Å². The summed E-state index contributed by atoms with van der Waals surface area (Å²) >= 11 is 3.49. The third-order valence-corrected chi connectivity index (χ3v) is 4.71. The molecule has 0 saturated heterocycles. The van der Waals surface area contributed by atoms with E-state index >= 15 is 0 Å². The molecule has 1 atom stereocenters. The Balaban J connectivity index is 1.67. The fourth-order valence-electron chi connectivity index (χ4n) is 2.69. The quantitative estimate of drug-likeness (QED) is 0.475. The number of furan rings is 1. The predicted molar refractivity (Wildman–Crippen MR) is 106 cm³/mol. The largest absolute Gasteiger partial charge is 0.463 e. The van der Waals surface area contributed by atoms with Crippen LogP contribution in [0.1, 0.15) is 30.9 Å². The fraction of sp³-hybridized carbons (Fsp3) is 0.421. The van der Waals surface area contributed by atoms with Gasteiger partial charge in [0, 0.05) is 6.54 Å². The maximum atomic E-state index is 10.7. The molecular weight excluding hydrogens is 414 g/mol. The first-order chi connectivity index (χ1) is 12.9. The van der Waals surface area contributed by atoms with Gasteiger partial charge in [0.25, 0.3) is 0 Å². The van der Waals surface area contributed by atoms with E-state index in [9.17, 15) is 5.11 Å². The highest BCUT2D eigenvalue weighted by Gasteiger charge is 2.27. The average Bonchev–Trinajstić information content (AvgIpc) is 3.27. The molecule has 1 aromatic carbocycles. The van der Waals surface area contributed by atoms with E-state index in [0.717, 1.165) is 21.5 Å². The molecule has 1 unspecified atom stereocenters. The van der Waals surface area contributed by atoms with Crippen molar-refractivity contribution in [1.82, 2.24) is 10.6 Å². The number of aliphatic imine (C=N–C) groups is 1. The van der Waals surface area contributed by atoms with E-state index < -0.39 is 5.60 Å². The van der Waals surface area contributed by atoms with Crippen LogP contribution >= 0.6 is 15.9 Å². The van der Waals surface area contributed by atoms with Gasteiger partial charge in [0.15, 0.2) is 17.5 Å². The molecule has 1 aliphatic rings. The zero-order valence-electron chi connectivity index (χ0n) is 15.6. The topological polar surface area (TPSA) is 88.3 Å². The van der Waals surface area contributed by atoms with E-state index in [1.54, 1.807) is 13.0 Å². The molecule has 1 aliphatic heterocycles. The number of hydrogen-bond donors (Lipinski definition) is 3. The Morgan fingerprint density at radius 2 is 2.11 bits per heavy atom. The third-order valence-electron chi connectivity index (χ3n) is 4.12. The number of guanidine groups is 1. The molecular formula is C19H24BrN3O4. The molecule has 3 N–H and O–H groups in total. The van der Waals surface area contributed by atoms with Crippen LogP contribution in [0.3, 0.4) is 0 Å². The molecule has 3 rings (SSSR count). The highest BCUT2D eigenvalue weighted by molar-refractivity contribution is 9.10. The molecule has 0 aliphatic carbocycles. The summed E-state index contributed by atoms with van der Waals surface area (Å²) < 4.78 is 17.2. The number of aliphatic hydroxyl groups is 1. The molecule has 0 amide bonds. The Kier molecular flexibility index (Phi) is 5.96. The summed E-state index contributed by atoms with van der Waals surface area (Å²) in [6, 6.07) is 7.50. The van der Waals surface area contributed by atoms with E-state index in [1.165, 1.54) is 0 Å². The number of hydrogen-bond acceptors (Lipinski definition) is 5. The van der Waals surface area contributed by atoms with E-state index in [0.29, 0.717) is 30.6 Å². The molecule has 2 heterocycles. The molecule has 0 spiro atoms. The number of ether oxygens (including phenoxy) is 2. The number of benzene rings is 1. The smallest absolute Gasteiger partial charge is 0.231 e. The first kappa shape index (κ1) is 19.6. The number of halogens is 1. The van der Waals surface area contributed by atoms with Crippen LogP contribution in [0.4, 0.5) is 0 Å². The second kappa shape index (κ2) is 8.22. The summed E-state index contributed by atoms with van der Waals surface area (Å²) in [6.45, 7) is 7.19. The Labute approximate surface area is 166 Å². The number of nitrogens with one attached hydrogen (secondary N) is 2. The highest BCUT2D eigenvalue weighted by atomic mass is 79.9. The average molecular weight is 438 g/mol. The molecule has 0 radical (unpaired) electrons. The van der Waals surface area contributed by atoms with E-state index in [4.69, 9.17) is 13.9 Å². The van der Waals surface area contributed by atoms with Crippen molar-refractivity contribution in [1.29, 1.82) is 0 Å². The van der Waals surface area contributed by atoms with Gasteiger partial charge in [0.2, 0.25) is 6.79 Å². The minimum Gasteiger partial charge on any atom is -0.463 e. The van der Waals surface area contributed by atoms with Crippen molar-refractivity contribution in [3.63, 3.8) is 0 Å². The Morgan fingerprint density at radius 1 is 1.30 bits per heavy atom. The van der Waals surface area contributed by atoms with Gasteiger partial charge >= 0.3 is 0 Å². The summed E-state index contributed by atoms with van der Waals surface area (Å²) in [6.07, 6.45) is 0. The van der Waals surface area contributed by atoms with Gasteiger partial charge in [-0.3, -0.25) is 0 Å². The predicted octanol–water partition coefficient (Wildman–Crippen LogP) is 3.04. The molecule has 0 saturated carbocycles. The van der Waals surface area contributed by atoms with E-state index in [1.807, 2.05) is 32.0 Å². The lowest BCUT2D eigenvalue weighted by molar-refractivity contribution is 0.0378. The lowest BCUT2D eigenvalue weighted by atomic mass is 10.0. The molecule has 7 nitrogen and oxygen atoms in total. The zero-order chi connectivity index (χ0) is 19.4. The standard InChI is InChI=1S/C19H24BrN3O4/c1-4-21-18(23-10-19(3,24)16-6-5-12(2)27-16)22-9-13-7-14(20)17-15(8-13)25-11-26-17/h5-8,24H,4,9-11H2,1-3H3,(H2,21,22,23). The van der Waals surface area contributed by atoms with Gasteiger partial charge in [-0.05, 0) is 66.5 Å². The summed E-state index contributed by atoms with van der Waals surface area (Å²) in [4.78, 5) is 4.59. The summed E-state index contributed by atoms with van der Waals surface area (Å²) in [5.41, 5.74) is -0.163. The minimum atomic E-state index is -1.15. The van der Waals surface area contributed by atoms with Gasteiger partial charge in [-0.25, -0.2) is 4.99 Å². The van der Waals surface area contributed by atoms with Crippen LogP contribution in [0.2, 0.25) is 0 Å². The van der Waals surface area contributed by atoms with Gasteiger partial charge in [-0.1, -0.05) is 0 Å². The highest BCUT2D eigenvalue weighted by Crippen LogP contribution is 2.40. The second-order valence-corrected chi connectivity index (χ2v) is 7.40. The van der Waals surface area contributed by atoms with Crippen molar-refractivity contribution in [2.45, 2.75) is 32.9 Å². The third kappa shape index (κ3) is 4.75. The van der Waals surface area contributed by atoms with E-state index in [2.05, 4.69) is 31.6 Å². The maximum Gasteiger partial charge on any atom is 0.231 e. The first-order valence-electron chi connectivity index (χ1n) is 8.78. The van der Waals surface area contributed by atoms with Crippen LogP contribution in [0.25, 0.3) is 0 Å². The van der Waals surface area contributed by atoms with Gasteiger partial charge in [0.1, 0.15) is 17.1 Å². The molecule has 0 fully saturated rings. The zero-order valence-corrected chi connectivity index (χ0v) is 17.2. The normalized spacial score (nSPS) is 15.5. The summed E-state index contributed by atoms with van der Waals surface area (Å²) in [7, 11) is 0. The van der Waals surface area contributed by atoms with Gasteiger partial charge in [0.05, 0.1) is 17.6 Å². The molecule has 1 aromatic heterocycles. The Morgan fingerprint density at radius 3 is 2.81 bits per heavy atom. The number of nitrogens with zero attached hydrogens (tertiary/aromatic N) is 1. The number of rotatable bonds is 6. The van der Waals surface area contributed by atoms with Crippen molar-refractivity contribution in [3.8, 4) is 11.5 Å². The van der Waals surface area contributed by atoms with Crippen LogP contribution < -0.4 is 20.1 Å². The van der Waals surface area contributed by atoms with Crippen molar-refractivity contribution in [2.75, 3.05) is 19.9 Å². The first-order valence-corrected chi connectivity index (χ1v) is 9.58. The summed E-state index contributed by atoms with van der Waals surface area (Å²) in [5, 5.41) is 17.0. The van der Waals surface area contributed by atoms with Crippen LogP contribution in [-0.2, 0) is 12.1 Å². The SMILES string of the molecule is CCNC(=NCc1cc(Br)c2c(c1)OCO2)NCC(C)(O)c1ccc(C)o1. The second-order valence-electron chi connectivity index (χ2n) is 6.54. The van der Waals surface area contributed by atoms with Crippen LogP contribution in [0.15, 0.2) is 38.1 Å². The van der Waals surface area contributed by atoms with Crippen molar-refractivity contribution in [2.24, 2.45) is 4.99 Å². The minimum absolute atomic E-state index is 0.228. The van der Waals surface area contributed by atoms with Crippen molar-refractivity contribution in [3.05, 3.63) is 45.8 Å². The van der Waals surface area contributed by atoms with Gasteiger partial charge < -0.3 is 29.6 Å². The number of aryl methyl sites for hydroxylation is 1. The molecule has 146 valence electrons. The van der Waals surface area contributed by atoms with Crippen LogP contribution in [0.5, 0.6) is 11.5 Å². The molecule has 27 heavy (non-hydrogen) atoms.